The van der Waals surface area contributed by atoms with Crippen LogP contribution in [-0.2, 0) is 11.3 Å². The van der Waals surface area contributed by atoms with E-state index in [1.807, 2.05) is 35.9 Å². The number of nitrogens with zero attached hydrogens (tertiary/aromatic N) is 5. The summed E-state index contributed by atoms with van der Waals surface area (Å²) in [5.74, 6) is -0.174. The van der Waals surface area contributed by atoms with Crippen molar-refractivity contribution >= 4 is 40.5 Å². The maximum absolute atomic E-state index is 12.5. The highest BCUT2D eigenvalue weighted by molar-refractivity contribution is 7.99. The first-order valence-corrected chi connectivity index (χ1v) is 10.4. The minimum atomic E-state index is -0.843. The van der Waals surface area contributed by atoms with E-state index in [0.717, 1.165) is 17.1 Å². The number of aromatic nitrogens is 4. The number of aryl methyl sites for hydroxylation is 1. The standard InChI is InChI=1S/C18H16ClN5OS2/c1-3-24-16(12-4-6-13(19)7-5-12)22-23-18(24)27-10-15(25)14(8-20)17-21-11(2)9-26-17/h4-7,9,14H,3,10H2,1-2H3/t14-/m0/s1. The monoisotopic (exact) mass is 417 g/mol. The number of hydrogen-bond donors (Lipinski definition) is 0. The second-order valence-electron chi connectivity index (χ2n) is 5.70. The van der Waals surface area contributed by atoms with E-state index in [1.54, 1.807) is 12.1 Å². The Kier molecular flexibility index (Phi) is 6.26. The number of Topliss-reactive ketones (excluding diaryl/α,β-unsaturated/α-hetero) is 1. The van der Waals surface area contributed by atoms with Gasteiger partial charge < -0.3 is 4.57 Å². The molecule has 0 fully saturated rings. The van der Waals surface area contributed by atoms with Gasteiger partial charge in [0.25, 0.3) is 0 Å². The summed E-state index contributed by atoms with van der Waals surface area (Å²) in [5, 5.41) is 21.5. The summed E-state index contributed by atoms with van der Waals surface area (Å²) in [6.07, 6.45) is 0. The molecule has 0 spiro atoms. The maximum Gasteiger partial charge on any atom is 0.191 e. The Labute approximate surface area is 170 Å². The summed E-state index contributed by atoms with van der Waals surface area (Å²) in [5.41, 5.74) is 1.72. The Balaban J connectivity index is 1.75. The molecule has 0 amide bonds. The predicted molar refractivity (Wildman–Crippen MR) is 107 cm³/mol. The van der Waals surface area contributed by atoms with Crippen molar-refractivity contribution < 1.29 is 4.79 Å². The Morgan fingerprint density at radius 1 is 1.37 bits per heavy atom. The van der Waals surface area contributed by atoms with Crippen LogP contribution in [0, 0.1) is 18.3 Å². The molecule has 1 aromatic carbocycles. The smallest absolute Gasteiger partial charge is 0.191 e. The summed E-state index contributed by atoms with van der Waals surface area (Å²) in [7, 11) is 0. The Morgan fingerprint density at radius 3 is 2.70 bits per heavy atom. The van der Waals surface area contributed by atoms with Gasteiger partial charge >= 0.3 is 0 Å². The number of thioether (sulfide) groups is 1. The summed E-state index contributed by atoms with van der Waals surface area (Å²) in [4.78, 5) is 16.8. The van der Waals surface area contributed by atoms with Gasteiger partial charge in [0.1, 0.15) is 5.01 Å². The molecule has 0 aliphatic carbocycles. The van der Waals surface area contributed by atoms with Crippen molar-refractivity contribution in [2.75, 3.05) is 5.75 Å². The van der Waals surface area contributed by atoms with E-state index in [0.29, 0.717) is 21.7 Å². The molecular formula is C18H16ClN5OS2. The quantitative estimate of drug-likeness (QED) is 0.531. The van der Waals surface area contributed by atoms with Crippen LogP contribution in [0.4, 0.5) is 0 Å². The molecule has 0 radical (unpaired) electrons. The van der Waals surface area contributed by atoms with Gasteiger partial charge in [0.2, 0.25) is 0 Å². The van der Waals surface area contributed by atoms with Crippen molar-refractivity contribution in [1.29, 1.82) is 5.26 Å². The first-order valence-electron chi connectivity index (χ1n) is 8.19. The molecule has 6 nitrogen and oxygen atoms in total. The number of ketones is 1. The van der Waals surface area contributed by atoms with Crippen LogP contribution in [0.5, 0.6) is 0 Å². The fourth-order valence-corrected chi connectivity index (χ4v) is 4.38. The van der Waals surface area contributed by atoms with Gasteiger partial charge in [0.05, 0.1) is 11.8 Å². The van der Waals surface area contributed by atoms with Gasteiger partial charge in [0, 0.05) is 28.2 Å². The lowest BCUT2D eigenvalue weighted by atomic mass is 10.1. The highest BCUT2D eigenvalue weighted by Gasteiger charge is 2.24. The zero-order valence-corrected chi connectivity index (χ0v) is 17.1. The molecule has 0 bridgehead atoms. The van der Waals surface area contributed by atoms with E-state index in [4.69, 9.17) is 11.6 Å². The van der Waals surface area contributed by atoms with Gasteiger partial charge in [-0.15, -0.1) is 21.5 Å². The zero-order chi connectivity index (χ0) is 19.4. The molecular weight excluding hydrogens is 402 g/mol. The normalized spacial score (nSPS) is 11.9. The molecule has 0 aliphatic heterocycles. The Morgan fingerprint density at radius 2 is 2.11 bits per heavy atom. The SMILES string of the molecule is CCn1c(SCC(=O)[C@H](C#N)c2nc(C)cs2)nnc1-c1ccc(Cl)cc1. The van der Waals surface area contributed by atoms with Crippen LogP contribution in [0.25, 0.3) is 11.4 Å². The number of thiazole rings is 1. The van der Waals surface area contributed by atoms with Crippen LogP contribution < -0.4 is 0 Å². The van der Waals surface area contributed by atoms with E-state index in [-0.39, 0.29) is 11.5 Å². The fourth-order valence-electron chi connectivity index (χ4n) is 2.48. The zero-order valence-electron chi connectivity index (χ0n) is 14.7. The number of carbonyl (C=O) groups is 1. The van der Waals surface area contributed by atoms with E-state index in [1.165, 1.54) is 23.1 Å². The lowest BCUT2D eigenvalue weighted by molar-refractivity contribution is -0.116. The highest BCUT2D eigenvalue weighted by Crippen LogP contribution is 2.27. The number of carbonyl (C=O) groups excluding carboxylic acids is 1. The lowest BCUT2D eigenvalue weighted by Gasteiger charge is -2.08. The first kappa shape index (κ1) is 19.5. The van der Waals surface area contributed by atoms with Gasteiger partial charge in [0.15, 0.2) is 22.7 Å². The molecule has 0 saturated carbocycles. The molecule has 2 aromatic heterocycles. The van der Waals surface area contributed by atoms with Crippen molar-refractivity contribution in [2.24, 2.45) is 0 Å². The number of halogens is 1. The summed E-state index contributed by atoms with van der Waals surface area (Å²) < 4.78 is 1.94. The van der Waals surface area contributed by atoms with Crippen LogP contribution in [0.2, 0.25) is 5.02 Å². The number of rotatable bonds is 7. The van der Waals surface area contributed by atoms with Gasteiger partial charge in [-0.05, 0) is 38.1 Å². The Hall–Kier alpha value is -2.21. The number of benzene rings is 1. The molecule has 2 heterocycles. The second-order valence-corrected chi connectivity index (χ2v) is 7.97. The molecule has 3 aromatic rings. The van der Waals surface area contributed by atoms with Gasteiger partial charge in [-0.2, -0.15) is 5.26 Å². The predicted octanol–water partition coefficient (Wildman–Crippen LogP) is 4.35. The van der Waals surface area contributed by atoms with Crippen LogP contribution in [-0.4, -0.2) is 31.3 Å². The molecule has 1 atom stereocenters. The first-order chi connectivity index (χ1) is 13.0. The minimum absolute atomic E-state index is 0.135. The van der Waals surface area contributed by atoms with E-state index in [9.17, 15) is 10.1 Å². The second kappa shape index (κ2) is 8.65. The van der Waals surface area contributed by atoms with E-state index >= 15 is 0 Å². The molecule has 0 unspecified atom stereocenters. The number of nitriles is 1. The fraction of sp³-hybridized carbons (Fsp3) is 0.278. The third-order valence-electron chi connectivity index (χ3n) is 3.81. The molecule has 9 heteroatoms. The minimum Gasteiger partial charge on any atom is -0.302 e. The summed E-state index contributed by atoms with van der Waals surface area (Å²) in [6.45, 7) is 4.50. The van der Waals surface area contributed by atoms with Crippen LogP contribution in [0.15, 0.2) is 34.8 Å². The average Bonchev–Trinajstić information content (AvgIpc) is 3.27. The van der Waals surface area contributed by atoms with Gasteiger partial charge in [-0.1, -0.05) is 23.4 Å². The van der Waals surface area contributed by atoms with Crippen molar-refractivity contribution in [3.63, 3.8) is 0 Å². The Bertz CT molecular complexity index is 990. The van der Waals surface area contributed by atoms with Crippen molar-refractivity contribution in [3.05, 3.63) is 45.4 Å². The van der Waals surface area contributed by atoms with E-state index in [2.05, 4.69) is 21.3 Å². The van der Waals surface area contributed by atoms with Crippen LogP contribution in [0.1, 0.15) is 23.5 Å². The maximum atomic E-state index is 12.5. The summed E-state index contributed by atoms with van der Waals surface area (Å²) >= 11 is 8.56. The molecule has 0 aliphatic rings. The molecule has 0 saturated heterocycles. The van der Waals surface area contributed by atoms with E-state index < -0.39 is 5.92 Å². The third kappa shape index (κ3) is 4.38. The van der Waals surface area contributed by atoms with Crippen molar-refractivity contribution in [2.45, 2.75) is 31.5 Å². The lowest BCUT2D eigenvalue weighted by Crippen LogP contribution is -2.13. The van der Waals surface area contributed by atoms with Crippen molar-refractivity contribution in [1.82, 2.24) is 19.7 Å². The average molecular weight is 418 g/mol. The third-order valence-corrected chi connectivity index (χ3v) is 6.08. The van der Waals surface area contributed by atoms with Crippen LogP contribution in [0.3, 0.4) is 0 Å². The molecule has 138 valence electrons. The molecule has 3 rings (SSSR count). The van der Waals surface area contributed by atoms with Crippen molar-refractivity contribution in [3.8, 4) is 17.5 Å². The topological polar surface area (TPSA) is 84.5 Å². The van der Waals surface area contributed by atoms with Crippen LogP contribution >= 0.6 is 34.7 Å². The molecule has 0 N–H and O–H groups in total. The molecule has 27 heavy (non-hydrogen) atoms. The van der Waals surface area contributed by atoms with Gasteiger partial charge in [-0.3, -0.25) is 4.79 Å². The van der Waals surface area contributed by atoms with Gasteiger partial charge in [-0.25, -0.2) is 4.98 Å². The number of hydrogen-bond acceptors (Lipinski definition) is 7. The highest BCUT2D eigenvalue weighted by atomic mass is 35.5. The largest absolute Gasteiger partial charge is 0.302 e. The summed E-state index contributed by atoms with van der Waals surface area (Å²) in [6, 6.07) is 9.43.